The van der Waals surface area contributed by atoms with E-state index in [1.807, 2.05) is 4.90 Å². The molecule has 2 aliphatic heterocycles. The van der Waals surface area contributed by atoms with Crippen molar-refractivity contribution in [3.63, 3.8) is 0 Å². The number of nitrogens with zero attached hydrogens (tertiary/aromatic N) is 1. The fourth-order valence-electron chi connectivity index (χ4n) is 2.73. The Bertz CT molecular complexity index is 224. The zero-order chi connectivity index (χ0) is 10.0. The van der Waals surface area contributed by atoms with E-state index in [9.17, 15) is 4.79 Å². The van der Waals surface area contributed by atoms with Crippen LogP contribution in [0.2, 0.25) is 0 Å². The van der Waals surface area contributed by atoms with Gasteiger partial charge in [-0.25, -0.2) is 4.79 Å². The fourth-order valence-corrected chi connectivity index (χ4v) is 2.73. The maximum atomic E-state index is 11.6. The number of hydrogen-bond donors (Lipinski definition) is 1. The largest absolute Gasteiger partial charge is 0.453 e. The van der Waals surface area contributed by atoms with Gasteiger partial charge in [0, 0.05) is 13.1 Å². The van der Waals surface area contributed by atoms with E-state index in [2.05, 4.69) is 5.32 Å². The molecule has 1 N–H and O–H groups in total. The number of hydrogen-bond acceptors (Lipinski definition) is 3. The maximum Gasteiger partial charge on any atom is 0.409 e. The van der Waals surface area contributed by atoms with Crippen LogP contribution >= 0.6 is 0 Å². The van der Waals surface area contributed by atoms with Gasteiger partial charge >= 0.3 is 6.09 Å². The van der Waals surface area contributed by atoms with Crippen LogP contribution in [0.5, 0.6) is 0 Å². The minimum atomic E-state index is -0.161. The molecule has 0 aromatic rings. The van der Waals surface area contributed by atoms with E-state index in [4.69, 9.17) is 4.74 Å². The third-order valence-electron chi connectivity index (χ3n) is 3.44. The Labute approximate surface area is 84.6 Å². The summed E-state index contributed by atoms with van der Waals surface area (Å²) < 4.78 is 4.82. The van der Waals surface area contributed by atoms with Crippen molar-refractivity contribution >= 4 is 6.09 Å². The first kappa shape index (κ1) is 9.77. The smallest absolute Gasteiger partial charge is 0.409 e. The first-order valence-electron chi connectivity index (χ1n) is 5.35. The van der Waals surface area contributed by atoms with Crippen LogP contribution in [0.25, 0.3) is 0 Å². The quantitative estimate of drug-likeness (QED) is 0.630. The van der Waals surface area contributed by atoms with E-state index in [0.717, 1.165) is 45.3 Å². The molecule has 0 aliphatic carbocycles. The highest BCUT2D eigenvalue weighted by atomic mass is 16.5. The zero-order valence-corrected chi connectivity index (χ0v) is 8.71. The molecule has 2 aliphatic rings. The van der Waals surface area contributed by atoms with Crippen molar-refractivity contribution in [2.45, 2.75) is 31.2 Å². The maximum absolute atomic E-state index is 11.6. The average Bonchev–Trinajstić information content (AvgIpc) is 2.62. The molecule has 4 heteroatoms. The molecular formula is C10H18N2O2. The molecule has 1 atom stereocenters. The first-order chi connectivity index (χ1) is 6.78. The van der Waals surface area contributed by atoms with Gasteiger partial charge < -0.3 is 15.0 Å². The predicted octanol–water partition coefficient (Wildman–Crippen LogP) is 0.971. The topological polar surface area (TPSA) is 41.6 Å². The van der Waals surface area contributed by atoms with Gasteiger partial charge in [-0.15, -0.1) is 0 Å². The van der Waals surface area contributed by atoms with Gasteiger partial charge in [0.15, 0.2) is 0 Å². The number of ether oxygens (including phenoxy) is 1. The molecule has 0 saturated carbocycles. The molecule has 2 heterocycles. The lowest BCUT2D eigenvalue weighted by Crippen LogP contribution is -2.56. The number of carbonyl (C=O) groups is 1. The van der Waals surface area contributed by atoms with Crippen LogP contribution in [-0.4, -0.2) is 43.3 Å². The van der Waals surface area contributed by atoms with Crippen LogP contribution in [-0.2, 0) is 4.74 Å². The summed E-state index contributed by atoms with van der Waals surface area (Å²) in [4.78, 5) is 13.5. The van der Waals surface area contributed by atoms with Crippen molar-refractivity contribution in [2.75, 3.05) is 26.7 Å². The second-order valence-electron chi connectivity index (χ2n) is 4.23. The molecule has 2 saturated heterocycles. The van der Waals surface area contributed by atoms with Gasteiger partial charge in [-0.3, -0.25) is 0 Å². The van der Waals surface area contributed by atoms with Gasteiger partial charge in [-0.05, 0) is 32.2 Å². The number of rotatable bonds is 0. The van der Waals surface area contributed by atoms with E-state index in [0.29, 0.717) is 0 Å². The predicted molar refractivity (Wildman–Crippen MR) is 53.2 cm³/mol. The Hall–Kier alpha value is -0.770. The van der Waals surface area contributed by atoms with Crippen LogP contribution in [0.3, 0.4) is 0 Å². The Morgan fingerprint density at radius 1 is 1.43 bits per heavy atom. The van der Waals surface area contributed by atoms with E-state index in [-0.39, 0.29) is 11.6 Å². The van der Waals surface area contributed by atoms with Crippen LogP contribution in [0, 0.1) is 0 Å². The monoisotopic (exact) mass is 198 g/mol. The molecule has 1 spiro atoms. The van der Waals surface area contributed by atoms with Crippen molar-refractivity contribution in [1.29, 1.82) is 0 Å². The fraction of sp³-hybridized carbons (Fsp3) is 0.900. The Morgan fingerprint density at radius 2 is 2.21 bits per heavy atom. The minimum Gasteiger partial charge on any atom is -0.453 e. The van der Waals surface area contributed by atoms with Gasteiger partial charge in [0.25, 0.3) is 0 Å². The number of amides is 1. The van der Waals surface area contributed by atoms with Crippen molar-refractivity contribution in [2.24, 2.45) is 0 Å². The van der Waals surface area contributed by atoms with Crippen LogP contribution in [0.15, 0.2) is 0 Å². The van der Waals surface area contributed by atoms with Crippen molar-refractivity contribution in [1.82, 2.24) is 10.2 Å². The lowest BCUT2D eigenvalue weighted by molar-refractivity contribution is 0.0726. The lowest BCUT2D eigenvalue weighted by atomic mass is 9.88. The second-order valence-corrected chi connectivity index (χ2v) is 4.23. The van der Waals surface area contributed by atoms with E-state index < -0.39 is 0 Å². The first-order valence-corrected chi connectivity index (χ1v) is 5.35. The van der Waals surface area contributed by atoms with Crippen molar-refractivity contribution in [3.8, 4) is 0 Å². The summed E-state index contributed by atoms with van der Waals surface area (Å²) in [6.45, 7) is 2.87. The Kier molecular flexibility index (Phi) is 2.63. The summed E-state index contributed by atoms with van der Waals surface area (Å²) in [5.74, 6) is 0. The molecule has 80 valence electrons. The average molecular weight is 198 g/mol. The number of methoxy groups -OCH3 is 1. The molecule has 1 amide bonds. The van der Waals surface area contributed by atoms with Crippen LogP contribution < -0.4 is 5.32 Å². The molecule has 2 fully saturated rings. The Balaban J connectivity index is 2.11. The van der Waals surface area contributed by atoms with Crippen molar-refractivity contribution < 1.29 is 9.53 Å². The molecule has 1 unspecified atom stereocenters. The summed E-state index contributed by atoms with van der Waals surface area (Å²) in [6, 6.07) is 0. The van der Waals surface area contributed by atoms with Crippen LogP contribution in [0.1, 0.15) is 25.7 Å². The highest BCUT2D eigenvalue weighted by Crippen LogP contribution is 2.35. The summed E-state index contributed by atoms with van der Waals surface area (Å²) in [5, 5.41) is 3.38. The van der Waals surface area contributed by atoms with Gasteiger partial charge in [0.05, 0.1) is 12.6 Å². The lowest BCUT2D eigenvalue weighted by Gasteiger charge is -2.40. The molecule has 0 radical (unpaired) electrons. The molecular weight excluding hydrogens is 180 g/mol. The zero-order valence-electron chi connectivity index (χ0n) is 8.71. The second kappa shape index (κ2) is 3.77. The highest BCUT2D eigenvalue weighted by molar-refractivity contribution is 5.69. The van der Waals surface area contributed by atoms with E-state index in [1.165, 1.54) is 7.11 Å². The number of likely N-dealkylation sites (tertiary alicyclic amines) is 1. The molecule has 0 aromatic carbocycles. The summed E-state index contributed by atoms with van der Waals surface area (Å²) in [6.07, 6.45) is 4.35. The highest BCUT2D eigenvalue weighted by Gasteiger charge is 2.44. The number of nitrogens with one attached hydrogen (secondary N) is 1. The summed E-state index contributed by atoms with van der Waals surface area (Å²) in [7, 11) is 1.46. The standard InChI is InChI=1S/C10H18N2O2/c1-14-9(13)12-7-3-5-10(12)4-2-6-11-8-10/h11H,2-8H2,1H3. The number of piperidine rings is 1. The molecule has 0 aromatic heterocycles. The third kappa shape index (κ3) is 1.47. The van der Waals surface area contributed by atoms with Gasteiger partial charge in [-0.1, -0.05) is 0 Å². The van der Waals surface area contributed by atoms with Gasteiger partial charge in [0.2, 0.25) is 0 Å². The van der Waals surface area contributed by atoms with Crippen molar-refractivity contribution in [3.05, 3.63) is 0 Å². The van der Waals surface area contributed by atoms with Gasteiger partial charge in [0.1, 0.15) is 0 Å². The van der Waals surface area contributed by atoms with Gasteiger partial charge in [-0.2, -0.15) is 0 Å². The van der Waals surface area contributed by atoms with Crippen LogP contribution in [0.4, 0.5) is 4.79 Å². The molecule has 2 rings (SSSR count). The summed E-state index contributed by atoms with van der Waals surface area (Å²) in [5.41, 5.74) is 0.0609. The molecule has 0 bridgehead atoms. The molecule has 14 heavy (non-hydrogen) atoms. The molecule has 4 nitrogen and oxygen atoms in total. The Morgan fingerprint density at radius 3 is 2.86 bits per heavy atom. The minimum absolute atomic E-state index is 0.0609. The SMILES string of the molecule is COC(=O)N1CCCC12CCCNC2. The van der Waals surface area contributed by atoms with E-state index >= 15 is 0 Å². The van der Waals surface area contributed by atoms with E-state index in [1.54, 1.807) is 0 Å². The number of carbonyl (C=O) groups excluding carboxylic acids is 1. The third-order valence-corrected chi connectivity index (χ3v) is 3.44. The summed E-state index contributed by atoms with van der Waals surface area (Å²) >= 11 is 0. The normalized spacial score (nSPS) is 32.2.